The maximum atomic E-state index is 5.42. The van der Waals surface area contributed by atoms with Gasteiger partial charge < -0.3 is 7.16 Å². The monoisotopic (exact) mass is 225 g/mol. The minimum Gasteiger partial charge on any atom is -1.00 e. The Morgan fingerprint density at radius 1 is 0.714 bits per heavy atom. The molecule has 0 atom stereocenters. The Morgan fingerprint density at radius 2 is 1.07 bits per heavy atom. The molecule has 0 saturated heterocycles. The molecule has 0 aliphatic heterocycles. The second kappa shape index (κ2) is 17.0. The zero-order chi connectivity index (χ0) is 9.78. The SMILES string of the molecule is CCCCCCCCCCCCN.[H-].[K+]. The first kappa shape index (κ1) is 18.0. The van der Waals surface area contributed by atoms with Gasteiger partial charge in [0.1, 0.15) is 0 Å². The maximum Gasteiger partial charge on any atom is 1.00 e. The molecule has 0 saturated carbocycles. The van der Waals surface area contributed by atoms with Crippen molar-refractivity contribution in [1.82, 2.24) is 0 Å². The van der Waals surface area contributed by atoms with Gasteiger partial charge >= 0.3 is 51.4 Å². The van der Waals surface area contributed by atoms with E-state index in [1.165, 1.54) is 64.2 Å². The number of hydrogen-bond acceptors (Lipinski definition) is 1. The fourth-order valence-electron chi connectivity index (χ4n) is 1.63. The third kappa shape index (κ3) is 16.0. The van der Waals surface area contributed by atoms with Crippen LogP contribution >= 0.6 is 0 Å². The Labute approximate surface area is 135 Å². The minimum absolute atomic E-state index is 0. The second-order valence-electron chi connectivity index (χ2n) is 3.97. The quantitative estimate of drug-likeness (QED) is 0.435. The molecule has 1 nitrogen and oxygen atoms in total. The predicted molar refractivity (Wildman–Crippen MR) is 62.0 cm³/mol. The minimum atomic E-state index is 0. The first-order valence-corrected chi connectivity index (χ1v) is 6.12. The molecule has 2 N–H and O–H groups in total. The molecule has 82 valence electrons. The Bertz CT molecular complexity index is 81.7. The maximum absolute atomic E-state index is 5.42. The third-order valence-electron chi connectivity index (χ3n) is 2.56. The molecule has 0 aromatic heterocycles. The first-order chi connectivity index (χ1) is 6.41. The summed E-state index contributed by atoms with van der Waals surface area (Å²) in [5, 5.41) is 0. The van der Waals surface area contributed by atoms with Crippen molar-refractivity contribution in [1.29, 1.82) is 0 Å². The molecule has 0 fully saturated rings. The summed E-state index contributed by atoms with van der Waals surface area (Å²) in [5.41, 5.74) is 5.42. The van der Waals surface area contributed by atoms with Gasteiger partial charge in [0.05, 0.1) is 0 Å². The van der Waals surface area contributed by atoms with E-state index in [-0.39, 0.29) is 52.8 Å². The van der Waals surface area contributed by atoms with Gasteiger partial charge in [-0.05, 0) is 13.0 Å². The molecule has 0 unspecified atom stereocenters. The summed E-state index contributed by atoms with van der Waals surface area (Å²) in [5.74, 6) is 0. The van der Waals surface area contributed by atoms with Gasteiger partial charge in [-0.3, -0.25) is 0 Å². The molecular weight excluding hydrogens is 197 g/mol. The van der Waals surface area contributed by atoms with Gasteiger partial charge in [-0.2, -0.15) is 0 Å². The van der Waals surface area contributed by atoms with Crippen LogP contribution in [0.5, 0.6) is 0 Å². The molecule has 0 heterocycles. The summed E-state index contributed by atoms with van der Waals surface area (Å²) in [4.78, 5) is 0. The van der Waals surface area contributed by atoms with E-state index in [2.05, 4.69) is 6.92 Å². The van der Waals surface area contributed by atoms with Gasteiger partial charge in [-0.1, -0.05) is 64.7 Å². The molecular formula is C12H28KN. The average Bonchev–Trinajstić information content (AvgIpc) is 2.16. The molecule has 14 heavy (non-hydrogen) atoms. The van der Waals surface area contributed by atoms with Crippen molar-refractivity contribution in [2.45, 2.75) is 71.1 Å². The second-order valence-corrected chi connectivity index (χ2v) is 3.97. The standard InChI is InChI=1S/C12H27N.K.H/c1-2-3-4-5-6-7-8-9-10-11-12-13;;/h2-13H2,1H3;;/q;+1;-1. The summed E-state index contributed by atoms with van der Waals surface area (Å²) >= 11 is 0. The summed E-state index contributed by atoms with van der Waals surface area (Å²) in [6.07, 6.45) is 13.9. The van der Waals surface area contributed by atoms with E-state index >= 15 is 0 Å². The molecule has 0 radical (unpaired) electrons. The Hall–Kier alpha value is 1.60. The van der Waals surface area contributed by atoms with Crippen molar-refractivity contribution in [3.8, 4) is 0 Å². The Morgan fingerprint density at radius 3 is 1.43 bits per heavy atom. The van der Waals surface area contributed by atoms with E-state index in [0.29, 0.717) is 0 Å². The predicted octanol–water partition coefficient (Wildman–Crippen LogP) is 0.983. The molecule has 0 spiro atoms. The third-order valence-corrected chi connectivity index (χ3v) is 2.56. The van der Waals surface area contributed by atoms with Crippen LogP contribution in [0.15, 0.2) is 0 Å². The van der Waals surface area contributed by atoms with Crippen LogP contribution in [-0.4, -0.2) is 6.54 Å². The fourth-order valence-corrected chi connectivity index (χ4v) is 1.63. The fraction of sp³-hybridized carbons (Fsp3) is 1.00. The smallest absolute Gasteiger partial charge is 1.00 e. The van der Waals surface area contributed by atoms with Crippen LogP contribution in [-0.2, 0) is 0 Å². The molecule has 0 aliphatic rings. The van der Waals surface area contributed by atoms with Gasteiger partial charge in [0.15, 0.2) is 0 Å². The van der Waals surface area contributed by atoms with Gasteiger partial charge in [-0.15, -0.1) is 0 Å². The normalized spacial score (nSPS) is 9.86. The zero-order valence-corrected chi connectivity index (χ0v) is 13.5. The number of rotatable bonds is 10. The van der Waals surface area contributed by atoms with Gasteiger partial charge in [0.25, 0.3) is 0 Å². The van der Waals surface area contributed by atoms with E-state index < -0.39 is 0 Å². The molecule has 0 bridgehead atoms. The zero-order valence-electron chi connectivity index (χ0n) is 11.4. The van der Waals surface area contributed by atoms with E-state index in [1.807, 2.05) is 0 Å². The van der Waals surface area contributed by atoms with E-state index in [4.69, 9.17) is 5.73 Å². The molecule has 0 aromatic rings. The molecule has 0 aromatic carbocycles. The van der Waals surface area contributed by atoms with Crippen molar-refractivity contribution in [3.05, 3.63) is 0 Å². The number of unbranched alkanes of at least 4 members (excludes halogenated alkanes) is 9. The van der Waals surface area contributed by atoms with Crippen LogP contribution in [0, 0.1) is 0 Å². The van der Waals surface area contributed by atoms with Gasteiger partial charge in [-0.25, -0.2) is 0 Å². The molecule has 0 rings (SSSR count). The topological polar surface area (TPSA) is 26.0 Å². The van der Waals surface area contributed by atoms with Crippen LogP contribution in [0.3, 0.4) is 0 Å². The molecule has 0 amide bonds. The summed E-state index contributed by atoms with van der Waals surface area (Å²) in [7, 11) is 0. The summed E-state index contributed by atoms with van der Waals surface area (Å²) in [6, 6.07) is 0. The van der Waals surface area contributed by atoms with Crippen LogP contribution in [0.1, 0.15) is 72.6 Å². The summed E-state index contributed by atoms with van der Waals surface area (Å²) in [6.45, 7) is 3.14. The Kier molecular flexibility index (Phi) is 21.8. The summed E-state index contributed by atoms with van der Waals surface area (Å²) < 4.78 is 0. The Balaban J connectivity index is -0.000000720. The van der Waals surface area contributed by atoms with E-state index in [9.17, 15) is 0 Å². The molecule has 2 heteroatoms. The van der Waals surface area contributed by atoms with Gasteiger partial charge in [0, 0.05) is 0 Å². The molecule has 0 aliphatic carbocycles. The largest absolute Gasteiger partial charge is 1.00 e. The van der Waals surface area contributed by atoms with Crippen LogP contribution in [0.4, 0.5) is 0 Å². The van der Waals surface area contributed by atoms with Crippen molar-refractivity contribution < 1.29 is 52.8 Å². The average molecular weight is 225 g/mol. The van der Waals surface area contributed by atoms with Crippen molar-refractivity contribution in [3.63, 3.8) is 0 Å². The van der Waals surface area contributed by atoms with Gasteiger partial charge in [0.2, 0.25) is 0 Å². The first-order valence-electron chi connectivity index (χ1n) is 6.12. The van der Waals surface area contributed by atoms with Crippen molar-refractivity contribution in [2.24, 2.45) is 5.73 Å². The van der Waals surface area contributed by atoms with Crippen LogP contribution in [0.25, 0.3) is 0 Å². The van der Waals surface area contributed by atoms with Crippen molar-refractivity contribution >= 4 is 0 Å². The van der Waals surface area contributed by atoms with E-state index in [0.717, 1.165) is 6.54 Å². The van der Waals surface area contributed by atoms with E-state index in [1.54, 1.807) is 0 Å². The van der Waals surface area contributed by atoms with Crippen LogP contribution < -0.4 is 57.1 Å². The van der Waals surface area contributed by atoms with Crippen molar-refractivity contribution in [2.75, 3.05) is 6.54 Å². The number of hydrogen-bond donors (Lipinski definition) is 1. The number of nitrogens with two attached hydrogens (primary N) is 1. The van der Waals surface area contributed by atoms with Crippen LogP contribution in [0.2, 0.25) is 0 Å².